The minimum absolute atomic E-state index is 0.505. The molecule has 2 N–H and O–H groups in total. The second-order valence-electron chi connectivity index (χ2n) is 3.59. The van der Waals surface area contributed by atoms with E-state index in [1.165, 1.54) is 0 Å². The van der Waals surface area contributed by atoms with Crippen LogP contribution in [0.15, 0.2) is 12.7 Å². The van der Waals surface area contributed by atoms with Crippen molar-refractivity contribution < 1.29 is 4.74 Å². The maximum absolute atomic E-state index is 5.78. The summed E-state index contributed by atoms with van der Waals surface area (Å²) in [5.41, 5.74) is 6.60. The number of anilines is 1. The van der Waals surface area contributed by atoms with Crippen molar-refractivity contribution in [2.45, 2.75) is 33.1 Å². The molecular formula is C12H19N3O. The average molecular weight is 221 g/mol. The van der Waals surface area contributed by atoms with Crippen LogP contribution in [0.5, 0.6) is 5.88 Å². The summed E-state index contributed by atoms with van der Waals surface area (Å²) in [6.07, 6.45) is 4.52. The van der Waals surface area contributed by atoms with E-state index >= 15 is 0 Å². The van der Waals surface area contributed by atoms with Gasteiger partial charge in [-0.1, -0.05) is 13.0 Å². The zero-order valence-electron chi connectivity index (χ0n) is 9.99. The highest BCUT2D eigenvalue weighted by atomic mass is 16.5. The summed E-state index contributed by atoms with van der Waals surface area (Å²) < 4.78 is 5.58. The van der Waals surface area contributed by atoms with Gasteiger partial charge in [-0.15, -0.1) is 6.58 Å². The molecule has 0 aliphatic heterocycles. The SMILES string of the molecule is C=CCCCOc1nc(CC)nc(N)c1C. The number of aryl methyl sites for hydroxylation is 1. The van der Waals surface area contributed by atoms with Gasteiger partial charge in [-0.2, -0.15) is 4.98 Å². The van der Waals surface area contributed by atoms with E-state index in [1.807, 2.05) is 19.9 Å². The number of aromatic nitrogens is 2. The predicted octanol–water partition coefficient (Wildman–Crippen LogP) is 2.27. The molecule has 0 aliphatic rings. The van der Waals surface area contributed by atoms with Crippen molar-refractivity contribution in [1.82, 2.24) is 9.97 Å². The van der Waals surface area contributed by atoms with Crippen molar-refractivity contribution in [2.24, 2.45) is 0 Å². The number of nitrogen functional groups attached to an aromatic ring is 1. The van der Waals surface area contributed by atoms with Crippen molar-refractivity contribution in [3.8, 4) is 5.88 Å². The number of rotatable bonds is 6. The van der Waals surface area contributed by atoms with E-state index in [-0.39, 0.29) is 0 Å². The Morgan fingerprint density at radius 1 is 1.44 bits per heavy atom. The van der Waals surface area contributed by atoms with E-state index in [2.05, 4.69) is 16.5 Å². The van der Waals surface area contributed by atoms with Gasteiger partial charge < -0.3 is 10.5 Å². The Hall–Kier alpha value is -1.58. The Morgan fingerprint density at radius 3 is 2.81 bits per heavy atom. The lowest BCUT2D eigenvalue weighted by Crippen LogP contribution is -2.07. The number of hydrogen-bond donors (Lipinski definition) is 1. The van der Waals surface area contributed by atoms with Gasteiger partial charge in [0.2, 0.25) is 5.88 Å². The maximum atomic E-state index is 5.78. The molecule has 1 aromatic heterocycles. The molecule has 1 heterocycles. The summed E-state index contributed by atoms with van der Waals surface area (Å²) in [4.78, 5) is 8.48. The molecule has 1 aromatic rings. The first-order chi connectivity index (χ1) is 7.69. The van der Waals surface area contributed by atoms with Crippen LogP contribution >= 0.6 is 0 Å². The van der Waals surface area contributed by atoms with Gasteiger partial charge in [0.15, 0.2) is 0 Å². The van der Waals surface area contributed by atoms with Crippen LogP contribution in [0.4, 0.5) is 5.82 Å². The predicted molar refractivity (Wildman–Crippen MR) is 65.5 cm³/mol. The molecule has 0 spiro atoms. The summed E-state index contributed by atoms with van der Waals surface area (Å²) in [6.45, 7) is 8.16. The van der Waals surface area contributed by atoms with Gasteiger partial charge in [0, 0.05) is 6.42 Å². The Labute approximate surface area is 96.6 Å². The van der Waals surface area contributed by atoms with Crippen LogP contribution in [0, 0.1) is 6.92 Å². The Kier molecular flexibility index (Phi) is 4.76. The molecule has 4 nitrogen and oxygen atoms in total. The molecule has 0 unspecified atom stereocenters. The summed E-state index contributed by atoms with van der Waals surface area (Å²) >= 11 is 0. The van der Waals surface area contributed by atoms with E-state index in [0.29, 0.717) is 18.3 Å². The van der Waals surface area contributed by atoms with Crippen LogP contribution in [-0.2, 0) is 6.42 Å². The lowest BCUT2D eigenvalue weighted by atomic mass is 10.3. The first-order valence-corrected chi connectivity index (χ1v) is 5.55. The molecule has 4 heteroatoms. The minimum atomic E-state index is 0.505. The maximum Gasteiger partial charge on any atom is 0.221 e. The van der Waals surface area contributed by atoms with E-state index in [4.69, 9.17) is 10.5 Å². The molecule has 0 atom stereocenters. The second-order valence-corrected chi connectivity index (χ2v) is 3.59. The fourth-order valence-electron chi connectivity index (χ4n) is 1.25. The van der Waals surface area contributed by atoms with Crippen LogP contribution in [0.25, 0.3) is 0 Å². The quantitative estimate of drug-likeness (QED) is 0.591. The molecule has 0 aromatic carbocycles. The molecule has 16 heavy (non-hydrogen) atoms. The van der Waals surface area contributed by atoms with Crippen LogP contribution in [0.3, 0.4) is 0 Å². The third kappa shape index (κ3) is 3.22. The number of ether oxygens (including phenoxy) is 1. The minimum Gasteiger partial charge on any atom is -0.477 e. The monoisotopic (exact) mass is 221 g/mol. The third-order valence-electron chi connectivity index (χ3n) is 2.29. The first kappa shape index (κ1) is 12.5. The largest absolute Gasteiger partial charge is 0.477 e. The number of allylic oxidation sites excluding steroid dienone is 1. The highest BCUT2D eigenvalue weighted by Gasteiger charge is 2.08. The van der Waals surface area contributed by atoms with Gasteiger partial charge in [0.25, 0.3) is 0 Å². The molecule has 88 valence electrons. The summed E-state index contributed by atoms with van der Waals surface area (Å²) in [5.74, 6) is 1.83. The average Bonchev–Trinajstić information content (AvgIpc) is 2.29. The Balaban J connectivity index is 2.70. The Bertz CT molecular complexity index is 364. The number of unbranched alkanes of at least 4 members (excludes halogenated alkanes) is 1. The topological polar surface area (TPSA) is 61.0 Å². The number of hydrogen-bond acceptors (Lipinski definition) is 4. The van der Waals surface area contributed by atoms with Gasteiger partial charge >= 0.3 is 0 Å². The lowest BCUT2D eigenvalue weighted by molar-refractivity contribution is 0.297. The first-order valence-electron chi connectivity index (χ1n) is 5.55. The number of nitrogens with two attached hydrogens (primary N) is 1. The van der Waals surface area contributed by atoms with Crippen molar-refractivity contribution in [2.75, 3.05) is 12.3 Å². The van der Waals surface area contributed by atoms with Gasteiger partial charge in [0.05, 0.1) is 12.2 Å². The molecule has 0 bridgehead atoms. The van der Waals surface area contributed by atoms with E-state index in [9.17, 15) is 0 Å². The molecule has 0 aliphatic carbocycles. The van der Waals surface area contributed by atoms with Gasteiger partial charge in [0.1, 0.15) is 11.6 Å². The third-order valence-corrected chi connectivity index (χ3v) is 2.29. The second kappa shape index (κ2) is 6.10. The van der Waals surface area contributed by atoms with Crippen LogP contribution in [-0.4, -0.2) is 16.6 Å². The molecule has 0 amide bonds. The zero-order chi connectivity index (χ0) is 12.0. The zero-order valence-corrected chi connectivity index (χ0v) is 9.99. The highest BCUT2D eigenvalue weighted by Crippen LogP contribution is 2.19. The highest BCUT2D eigenvalue weighted by molar-refractivity contribution is 5.44. The molecule has 1 rings (SSSR count). The van der Waals surface area contributed by atoms with E-state index < -0.39 is 0 Å². The van der Waals surface area contributed by atoms with Gasteiger partial charge in [-0.3, -0.25) is 0 Å². The lowest BCUT2D eigenvalue weighted by Gasteiger charge is -2.10. The van der Waals surface area contributed by atoms with Crippen molar-refractivity contribution in [3.05, 3.63) is 24.0 Å². The van der Waals surface area contributed by atoms with E-state index in [1.54, 1.807) is 0 Å². The molecular weight excluding hydrogens is 202 g/mol. The summed E-state index contributed by atoms with van der Waals surface area (Å²) in [7, 11) is 0. The number of nitrogens with zero attached hydrogens (tertiary/aromatic N) is 2. The molecule has 0 fully saturated rings. The molecule has 0 saturated heterocycles. The summed E-state index contributed by atoms with van der Waals surface area (Å²) in [6, 6.07) is 0. The normalized spacial score (nSPS) is 10.1. The van der Waals surface area contributed by atoms with Crippen LogP contribution in [0.2, 0.25) is 0 Å². The smallest absolute Gasteiger partial charge is 0.221 e. The fraction of sp³-hybridized carbons (Fsp3) is 0.500. The summed E-state index contributed by atoms with van der Waals surface area (Å²) in [5, 5.41) is 0. The van der Waals surface area contributed by atoms with Gasteiger partial charge in [-0.25, -0.2) is 4.98 Å². The van der Waals surface area contributed by atoms with Crippen molar-refractivity contribution >= 4 is 5.82 Å². The fourth-order valence-corrected chi connectivity index (χ4v) is 1.25. The van der Waals surface area contributed by atoms with Crippen molar-refractivity contribution in [3.63, 3.8) is 0 Å². The van der Waals surface area contributed by atoms with Gasteiger partial charge in [-0.05, 0) is 19.8 Å². The standard InChI is InChI=1S/C12H19N3O/c1-4-6-7-8-16-12-9(3)11(13)14-10(5-2)15-12/h4H,1,5-8H2,2-3H3,(H2,13,14,15). The molecule has 0 saturated carbocycles. The van der Waals surface area contributed by atoms with E-state index in [0.717, 1.165) is 30.7 Å². The van der Waals surface area contributed by atoms with Crippen LogP contribution < -0.4 is 10.5 Å². The molecule has 0 radical (unpaired) electrons. The Morgan fingerprint density at radius 2 is 2.19 bits per heavy atom. The van der Waals surface area contributed by atoms with Crippen molar-refractivity contribution in [1.29, 1.82) is 0 Å². The van der Waals surface area contributed by atoms with Crippen LogP contribution in [0.1, 0.15) is 31.2 Å².